The number of carbonyl (C=O) groups is 1. The Labute approximate surface area is 126 Å². The molecular formula is C17H23N3O. The molecule has 0 aliphatic carbocycles. The largest absolute Gasteiger partial charge is 0.381 e. The summed E-state index contributed by atoms with van der Waals surface area (Å²) in [5.74, 6) is 0.0334. The van der Waals surface area contributed by atoms with Crippen LogP contribution in [0.15, 0.2) is 30.3 Å². The van der Waals surface area contributed by atoms with Crippen LogP contribution in [0.3, 0.4) is 0 Å². The Hall–Kier alpha value is -2.23. The van der Waals surface area contributed by atoms with Crippen LogP contribution >= 0.6 is 0 Å². The predicted molar refractivity (Wildman–Crippen MR) is 86.4 cm³/mol. The number of nitrogens with zero attached hydrogens (tertiary/aromatic N) is 1. The summed E-state index contributed by atoms with van der Waals surface area (Å²) >= 11 is 0. The van der Waals surface area contributed by atoms with Gasteiger partial charge < -0.3 is 15.2 Å². The van der Waals surface area contributed by atoms with E-state index in [1.54, 1.807) is 7.05 Å². The minimum absolute atomic E-state index is 0.0334. The number of anilines is 1. The Balaban J connectivity index is 1.97. The van der Waals surface area contributed by atoms with Crippen LogP contribution in [0.5, 0.6) is 0 Å². The lowest BCUT2D eigenvalue weighted by Gasteiger charge is -2.08. The minimum Gasteiger partial charge on any atom is -0.381 e. The molecule has 4 nitrogen and oxygen atoms in total. The highest BCUT2D eigenvalue weighted by Gasteiger charge is 2.06. The van der Waals surface area contributed by atoms with Gasteiger partial charge in [0.1, 0.15) is 0 Å². The normalized spacial score (nSPS) is 10.5. The summed E-state index contributed by atoms with van der Waals surface area (Å²) in [6.07, 6.45) is 0.424. The predicted octanol–water partition coefficient (Wildman–Crippen LogP) is 2.54. The molecule has 1 aromatic carbocycles. The highest BCUT2D eigenvalue weighted by atomic mass is 16.1. The molecule has 21 heavy (non-hydrogen) atoms. The van der Waals surface area contributed by atoms with Crippen molar-refractivity contribution in [1.29, 1.82) is 0 Å². The van der Waals surface area contributed by atoms with Crippen molar-refractivity contribution in [3.63, 3.8) is 0 Å². The monoisotopic (exact) mass is 285 g/mol. The SMILES string of the molecule is CNC(=O)Cc1ccc(NCc2cc(C)n(C)c2C)cc1. The third-order valence-corrected chi connectivity index (χ3v) is 3.96. The zero-order valence-corrected chi connectivity index (χ0v) is 13.2. The maximum atomic E-state index is 11.3. The molecule has 0 aliphatic rings. The lowest BCUT2D eigenvalue weighted by Crippen LogP contribution is -2.19. The molecule has 0 fully saturated rings. The van der Waals surface area contributed by atoms with E-state index < -0.39 is 0 Å². The zero-order chi connectivity index (χ0) is 15.4. The third kappa shape index (κ3) is 3.66. The van der Waals surface area contributed by atoms with Crippen LogP contribution in [0.2, 0.25) is 0 Å². The van der Waals surface area contributed by atoms with Crippen molar-refractivity contribution in [3.05, 3.63) is 52.8 Å². The molecule has 0 spiro atoms. The Morgan fingerprint density at radius 2 is 1.86 bits per heavy atom. The maximum Gasteiger partial charge on any atom is 0.224 e. The van der Waals surface area contributed by atoms with E-state index in [0.717, 1.165) is 17.8 Å². The molecule has 0 bridgehead atoms. The smallest absolute Gasteiger partial charge is 0.224 e. The molecule has 2 N–H and O–H groups in total. The van der Waals surface area contributed by atoms with Crippen molar-refractivity contribution in [2.75, 3.05) is 12.4 Å². The topological polar surface area (TPSA) is 46.1 Å². The third-order valence-electron chi connectivity index (χ3n) is 3.96. The van der Waals surface area contributed by atoms with Crippen molar-refractivity contribution in [3.8, 4) is 0 Å². The van der Waals surface area contributed by atoms with Crippen molar-refractivity contribution < 1.29 is 4.79 Å². The van der Waals surface area contributed by atoms with Gasteiger partial charge in [0.05, 0.1) is 6.42 Å². The molecule has 0 unspecified atom stereocenters. The summed E-state index contributed by atoms with van der Waals surface area (Å²) < 4.78 is 2.20. The fraction of sp³-hybridized carbons (Fsp3) is 0.353. The summed E-state index contributed by atoms with van der Waals surface area (Å²) in [6.45, 7) is 5.06. The van der Waals surface area contributed by atoms with Crippen LogP contribution in [0.4, 0.5) is 5.69 Å². The van der Waals surface area contributed by atoms with Crippen molar-refractivity contribution in [2.24, 2.45) is 7.05 Å². The summed E-state index contributed by atoms with van der Waals surface area (Å²) in [7, 11) is 3.74. The number of likely N-dealkylation sites (N-methyl/N-ethyl adjacent to an activating group) is 1. The molecule has 4 heteroatoms. The first-order valence-electron chi connectivity index (χ1n) is 7.16. The van der Waals surface area contributed by atoms with Gasteiger partial charge in [-0.15, -0.1) is 0 Å². The zero-order valence-electron chi connectivity index (χ0n) is 13.2. The van der Waals surface area contributed by atoms with Crippen LogP contribution in [0.25, 0.3) is 0 Å². The number of nitrogens with one attached hydrogen (secondary N) is 2. The van der Waals surface area contributed by atoms with Crippen molar-refractivity contribution >= 4 is 11.6 Å². The Bertz CT molecular complexity index is 626. The standard InChI is InChI=1S/C17H23N3O/c1-12-9-15(13(2)20(12)4)11-19-16-7-5-14(6-8-16)10-17(21)18-3/h5-9,19H,10-11H2,1-4H3,(H,18,21). The number of benzene rings is 1. The van der Waals surface area contributed by atoms with Gasteiger partial charge in [0.2, 0.25) is 5.91 Å². The second kappa shape index (κ2) is 6.48. The van der Waals surface area contributed by atoms with E-state index >= 15 is 0 Å². The van der Waals surface area contributed by atoms with Crippen LogP contribution in [0, 0.1) is 13.8 Å². The molecule has 0 saturated carbocycles. The lowest BCUT2D eigenvalue weighted by atomic mass is 10.1. The molecule has 2 aromatic rings. The van der Waals surface area contributed by atoms with E-state index in [2.05, 4.69) is 42.2 Å². The van der Waals surface area contributed by atoms with Crippen LogP contribution in [0.1, 0.15) is 22.5 Å². The second-order valence-corrected chi connectivity index (χ2v) is 5.36. The van der Waals surface area contributed by atoms with Gasteiger partial charge in [-0.1, -0.05) is 12.1 Å². The van der Waals surface area contributed by atoms with Gasteiger partial charge in [-0.2, -0.15) is 0 Å². The van der Waals surface area contributed by atoms with E-state index in [9.17, 15) is 4.79 Å². The number of aromatic nitrogens is 1. The summed E-state index contributed by atoms with van der Waals surface area (Å²) in [5.41, 5.74) is 5.95. The fourth-order valence-electron chi connectivity index (χ4n) is 2.32. The second-order valence-electron chi connectivity index (χ2n) is 5.36. The maximum absolute atomic E-state index is 11.3. The highest BCUT2D eigenvalue weighted by Crippen LogP contribution is 2.16. The van der Waals surface area contributed by atoms with Crippen LogP contribution < -0.4 is 10.6 Å². The minimum atomic E-state index is 0.0334. The van der Waals surface area contributed by atoms with Gasteiger partial charge in [-0.05, 0) is 43.2 Å². The molecule has 0 saturated heterocycles. The number of aryl methyl sites for hydroxylation is 1. The summed E-state index contributed by atoms with van der Waals surface area (Å²) in [4.78, 5) is 11.3. The molecular weight excluding hydrogens is 262 g/mol. The summed E-state index contributed by atoms with van der Waals surface area (Å²) in [6, 6.07) is 10.2. The first kappa shape index (κ1) is 15.2. The Morgan fingerprint density at radius 1 is 1.19 bits per heavy atom. The number of rotatable bonds is 5. The molecule has 1 amide bonds. The molecule has 1 heterocycles. The van der Waals surface area contributed by atoms with Gasteiger partial charge in [0.15, 0.2) is 0 Å². The Kier molecular flexibility index (Phi) is 4.68. The molecule has 1 aromatic heterocycles. The van der Waals surface area contributed by atoms with Crippen molar-refractivity contribution in [1.82, 2.24) is 9.88 Å². The van der Waals surface area contributed by atoms with Crippen molar-refractivity contribution in [2.45, 2.75) is 26.8 Å². The van der Waals surface area contributed by atoms with Gasteiger partial charge >= 0.3 is 0 Å². The summed E-state index contributed by atoms with van der Waals surface area (Å²) in [5, 5.41) is 6.05. The number of hydrogen-bond acceptors (Lipinski definition) is 2. The van der Waals surface area contributed by atoms with E-state index in [0.29, 0.717) is 6.42 Å². The molecule has 2 rings (SSSR count). The van der Waals surface area contributed by atoms with E-state index in [1.807, 2.05) is 24.3 Å². The van der Waals surface area contributed by atoms with Gasteiger partial charge in [-0.3, -0.25) is 4.79 Å². The number of amides is 1. The van der Waals surface area contributed by atoms with Gasteiger partial charge in [0.25, 0.3) is 0 Å². The average Bonchev–Trinajstić information content (AvgIpc) is 2.73. The first-order chi connectivity index (χ1) is 10.0. The lowest BCUT2D eigenvalue weighted by molar-refractivity contribution is -0.119. The van der Waals surface area contributed by atoms with Crippen LogP contribution in [-0.2, 0) is 24.8 Å². The first-order valence-corrected chi connectivity index (χ1v) is 7.16. The number of carbonyl (C=O) groups excluding carboxylic acids is 1. The highest BCUT2D eigenvalue weighted by molar-refractivity contribution is 5.78. The van der Waals surface area contributed by atoms with Gasteiger partial charge in [-0.25, -0.2) is 0 Å². The van der Waals surface area contributed by atoms with E-state index in [4.69, 9.17) is 0 Å². The molecule has 0 radical (unpaired) electrons. The van der Waals surface area contributed by atoms with Gasteiger partial charge in [0, 0.05) is 37.7 Å². The number of hydrogen-bond donors (Lipinski definition) is 2. The van der Waals surface area contributed by atoms with E-state index in [-0.39, 0.29) is 5.91 Å². The molecule has 0 atom stereocenters. The Morgan fingerprint density at radius 3 is 2.38 bits per heavy atom. The average molecular weight is 285 g/mol. The fourth-order valence-corrected chi connectivity index (χ4v) is 2.32. The van der Waals surface area contributed by atoms with E-state index in [1.165, 1.54) is 17.0 Å². The van der Waals surface area contributed by atoms with Crippen LogP contribution in [-0.4, -0.2) is 17.5 Å². The molecule has 112 valence electrons. The quantitative estimate of drug-likeness (QED) is 0.887. The molecule has 0 aliphatic heterocycles.